The third-order valence-corrected chi connectivity index (χ3v) is 4.41. The van der Waals surface area contributed by atoms with Gasteiger partial charge in [0.1, 0.15) is 12.1 Å². The van der Waals surface area contributed by atoms with Crippen LogP contribution in [0.1, 0.15) is 43.4 Å². The minimum atomic E-state index is 0.503. The SMILES string of the molecule is NCC1CCCCC1Nc1ncnc2c1CCC2. The molecule has 18 heavy (non-hydrogen) atoms. The van der Waals surface area contributed by atoms with Gasteiger partial charge in [-0.25, -0.2) is 9.97 Å². The fraction of sp³-hybridized carbons (Fsp3) is 0.714. The van der Waals surface area contributed by atoms with Crippen molar-refractivity contribution in [1.82, 2.24) is 9.97 Å². The zero-order chi connectivity index (χ0) is 12.4. The van der Waals surface area contributed by atoms with E-state index in [0.29, 0.717) is 12.0 Å². The number of aryl methyl sites for hydroxylation is 1. The third-order valence-electron chi connectivity index (χ3n) is 4.41. The summed E-state index contributed by atoms with van der Waals surface area (Å²) in [6, 6.07) is 0.503. The van der Waals surface area contributed by atoms with Gasteiger partial charge in [0.05, 0.1) is 0 Å². The molecular formula is C14H22N4. The number of nitrogens with two attached hydrogens (primary N) is 1. The molecule has 3 N–H and O–H groups in total. The monoisotopic (exact) mass is 246 g/mol. The zero-order valence-electron chi connectivity index (χ0n) is 10.9. The molecule has 0 spiro atoms. The van der Waals surface area contributed by atoms with E-state index in [-0.39, 0.29) is 0 Å². The molecule has 1 aromatic rings. The lowest BCUT2D eigenvalue weighted by Crippen LogP contribution is -2.37. The van der Waals surface area contributed by atoms with Crippen molar-refractivity contribution in [2.75, 3.05) is 11.9 Å². The summed E-state index contributed by atoms with van der Waals surface area (Å²) in [5.41, 5.74) is 8.48. The van der Waals surface area contributed by atoms with E-state index < -0.39 is 0 Å². The maximum absolute atomic E-state index is 5.89. The summed E-state index contributed by atoms with van der Waals surface area (Å²) in [6.07, 6.45) is 10.3. The second-order valence-electron chi connectivity index (χ2n) is 5.53. The largest absolute Gasteiger partial charge is 0.367 e. The molecule has 4 heteroatoms. The first-order valence-corrected chi connectivity index (χ1v) is 7.18. The van der Waals surface area contributed by atoms with Gasteiger partial charge < -0.3 is 11.1 Å². The first-order valence-electron chi connectivity index (χ1n) is 7.18. The van der Waals surface area contributed by atoms with Gasteiger partial charge in [-0.05, 0) is 44.6 Å². The van der Waals surface area contributed by atoms with Crippen molar-refractivity contribution in [3.63, 3.8) is 0 Å². The molecule has 1 aromatic heterocycles. The summed E-state index contributed by atoms with van der Waals surface area (Å²) in [6.45, 7) is 0.783. The minimum Gasteiger partial charge on any atom is -0.367 e. The third kappa shape index (κ3) is 2.21. The lowest BCUT2D eigenvalue weighted by atomic mass is 9.84. The fourth-order valence-corrected chi connectivity index (χ4v) is 3.34. The number of hydrogen-bond donors (Lipinski definition) is 2. The fourth-order valence-electron chi connectivity index (χ4n) is 3.34. The highest BCUT2D eigenvalue weighted by molar-refractivity contribution is 5.48. The van der Waals surface area contributed by atoms with Gasteiger partial charge in [-0.2, -0.15) is 0 Å². The van der Waals surface area contributed by atoms with Crippen LogP contribution in [0, 0.1) is 5.92 Å². The van der Waals surface area contributed by atoms with Crippen molar-refractivity contribution in [3.05, 3.63) is 17.6 Å². The van der Waals surface area contributed by atoms with Crippen LogP contribution in [0.4, 0.5) is 5.82 Å². The first-order chi connectivity index (χ1) is 8.88. The molecule has 2 atom stereocenters. The molecule has 0 aliphatic heterocycles. The summed E-state index contributed by atoms with van der Waals surface area (Å²) < 4.78 is 0. The summed E-state index contributed by atoms with van der Waals surface area (Å²) >= 11 is 0. The van der Waals surface area contributed by atoms with E-state index in [1.54, 1.807) is 6.33 Å². The molecule has 2 aliphatic carbocycles. The summed E-state index contributed by atoms with van der Waals surface area (Å²) in [5, 5.41) is 3.65. The molecule has 0 aromatic carbocycles. The van der Waals surface area contributed by atoms with Crippen molar-refractivity contribution in [2.45, 2.75) is 51.0 Å². The molecule has 2 unspecified atom stereocenters. The van der Waals surface area contributed by atoms with E-state index >= 15 is 0 Å². The van der Waals surface area contributed by atoms with Crippen LogP contribution in [-0.2, 0) is 12.8 Å². The van der Waals surface area contributed by atoms with Crippen LogP contribution in [0.15, 0.2) is 6.33 Å². The average Bonchev–Trinajstić information content (AvgIpc) is 2.89. The van der Waals surface area contributed by atoms with Crippen LogP contribution in [0.3, 0.4) is 0 Å². The molecule has 1 saturated carbocycles. The number of hydrogen-bond acceptors (Lipinski definition) is 4. The van der Waals surface area contributed by atoms with Crippen molar-refractivity contribution in [1.29, 1.82) is 0 Å². The maximum atomic E-state index is 5.89. The molecule has 2 aliphatic rings. The number of fused-ring (bicyclic) bond motifs is 1. The highest BCUT2D eigenvalue weighted by Crippen LogP contribution is 2.30. The van der Waals surface area contributed by atoms with Crippen molar-refractivity contribution in [3.8, 4) is 0 Å². The highest BCUT2D eigenvalue weighted by atomic mass is 15.1. The van der Waals surface area contributed by atoms with E-state index in [1.165, 1.54) is 43.4 Å². The van der Waals surface area contributed by atoms with Crippen molar-refractivity contribution in [2.24, 2.45) is 11.7 Å². The second-order valence-corrected chi connectivity index (χ2v) is 5.53. The molecule has 4 nitrogen and oxygen atoms in total. The molecule has 1 fully saturated rings. The van der Waals surface area contributed by atoms with E-state index in [0.717, 1.165) is 25.2 Å². The smallest absolute Gasteiger partial charge is 0.133 e. The molecule has 98 valence electrons. The van der Waals surface area contributed by atoms with Gasteiger partial charge >= 0.3 is 0 Å². The molecular weight excluding hydrogens is 224 g/mol. The van der Waals surface area contributed by atoms with Gasteiger partial charge in [0.2, 0.25) is 0 Å². The maximum Gasteiger partial charge on any atom is 0.133 e. The first kappa shape index (κ1) is 11.9. The van der Waals surface area contributed by atoms with Crippen LogP contribution in [-0.4, -0.2) is 22.6 Å². The average molecular weight is 246 g/mol. The van der Waals surface area contributed by atoms with Gasteiger partial charge in [0.25, 0.3) is 0 Å². The predicted octanol–water partition coefficient (Wildman–Crippen LogP) is 1.89. The predicted molar refractivity (Wildman–Crippen MR) is 72.5 cm³/mol. The molecule has 0 saturated heterocycles. The van der Waals surface area contributed by atoms with Gasteiger partial charge in [-0.15, -0.1) is 0 Å². The van der Waals surface area contributed by atoms with E-state index in [2.05, 4.69) is 15.3 Å². The number of nitrogens with one attached hydrogen (secondary N) is 1. The Bertz CT molecular complexity index is 418. The summed E-state index contributed by atoms with van der Waals surface area (Å²) in [4.78, 5) is 8.83. The van der Waals surface area contributed by atoms with Crippen LogP contribution >= 0.6 is 0 Å². The molecule has 3 rings (SSSR count). The number of anilines is 1. The van der Waals surface area contributed by atoms with Crippen LogP contribution in [0.2, 0.25) is 0 Å². The van der Waals surface area contributed by atoms with E-state index in [4.69, 9.17) is 5.73 Å². The van der Waals surface area contributed by atoms with Crippen molar-refractivity contribution < 1.29 is 0 Å². The van der Waals surface area contributed by atoms with Gasteiger partial charge in [-0.3, -0.25) is 0 Å². The Balaban J connectivity index is 1.77. The summed E-state index contributed by atoms with van der Waals surface area (Å²) in [7, 11) is 0. The quantitative estimate of drug-likeness (QED) is 0.855. The van der Waals surface area contributed by atoms with E-state index in [1.807, 2.05) is 0 Å². The Morgan fingerprint density at radius 2 is 2.06 bits per heavy atom. The zero-order valence-corrected chi connectivity index (χ0v) is 10.9. The second kappa shape index (κ2) is 5.22. The minimum absolute atomic E-state index is 0.503. The normalized spacial score (nSPS) is 26.9. The molecule has 1 heterocycles. The van der Waals surface area contributed by atoms with Crippen LogP contribution in [0.25, 0.3) is 0 Å². The Hall–Kier alpha value is -1.16. The molecule has 0 amide bonds. The Morgan fingerprint density at radius 1 is 1.17 bits per heavy atom. The van der Waals surface area contributed by atoms with Gasteiger partial charge in [0.15, 0.2) is 0 Å². The highest BCUT2D eigenvalue weighted by Gasteiger charge is 2.26. The van der Waals surface area contributed by atoms with E-state index in [9.17, 15) is 0 Å². The summed E-state index contributed by atoms with van der Waals surface area (Å²) in [5.74, 6) is 1.67. The number of rotatable bonds is 3. The van der Waals surface area contributed by atoms with Crippen LogP contribution in [0.5, 0.6) is 0 Å². The Labute approximate surface area is 108 Å². The van der Waals surface area contributed by atoms with Gasteiger partial charge in [0, 0.05) is 17.3 Å². The lowest BCUT2D eigenvalue weighted by Gasteiger charge is -2.32. The topological polar surface area (TPSA) is 63.8 Å². The van der Waals surface area contributed by atoms with Crippen LogP contribution < -0.4 is 11.1 Å². The number of nitrogens with zero attached hydrogens (tertiary/aromatic N) is 2. The lowest BCUT2D eigenvalue weighted by molar-refractivity contribution is 0.332. The molecule has 0 bridgehead atoms. The Kier molecular flexibility index (Phi) is 3.46. The Morgan fingerprint density at radius 3 is 2.94 bits per heavy atom. The molecule has 0 radical (unpaired) electrons. The van der Waals surface area contributed by atoms with Crippen molar-refractivity contribution >= 4 is 5.82 Å². The van der Waals surface area contributed by atoms with Gasteiger partial charge in [-0.1, -0.05) is 12.8 Å². The number of aromatic nitrogens is 2. The standard InChI is InChI=1S/C14H22N4/c15-8-10-4-1-2-6-12(10)18-14-11-5-3-7-13(11)16-9-17-14/h9-10,12H,1-8,15H2,(H,16,17,18).